The maximum Gasteiger partial charge on any atom is 0.311 e. The average Bonchev–Trinajstić information content (AvgIpc) is 3.26. The molecule has 18 atom stereocenters. The minimum Gasteiger partial charge on any atom is -0.468 e. The van der Waals surface area contributed by atoms with E-state index in [0.29, 0.717) is 18.7 Å². The first-order valence-corrected chi connectivity index (χ1v) is 18.7. The van der Waals surface area contributed by atoms with Crippen LogP contribution < -0.4 is 0 Å². The number of hydrogen-bond acceptors (Lipinski definition) is 14. The number of methoxy groups -OCH3 is 1. The van der Waals surface area contributed by atoms with Gasteiger partial charge in [-0.3, -0.25) is 9.79 Å². The number of rotatable bonds is 7. The first-order valence-electron chi connectivity index (χ1n) is 18.7. The van der Waals surface area contributed by atoms with Gasteiger partial charge >= 0.3 is 5.97 Å². The SMILES string of the molecule is CC[C@H]1OC(=O)[C@H](C)[C@@H](O[C@H]2C[C@@](C)(OC)[C@@H](O)[C@H](C)O2)[C@H](C)[C@@H](O[C@@H]2O[C@H](C)C[C@H](N(C)C)[C@H]2O)[C@@](C)(O)C[C@@H](C)N=C2O[C@]1(C)[C@H](O)[C@H]2C. The molecule has 4 N–H and O–H groups in total. The minimum atomic E-state index is -1.62. The molecular formula is C37H66N2O12. The van der Waals surface area contributed by atoms with Gasteiger partial charge in [-0.25, -0.2) is 0 Å². The molecule has 0 unspecified atom stereocenters. The third-order valence-electron chi connectivity index (χ3n) is 11.9. The molecular weight excluding hydrogens is 664 g/mol. The summed E-state index contributed by atoms with van der Waals surface area (Å²) in [5.74, 6) is -2.46. The largest absolute Gasteiger partial charge is 0.468 e. The van der Waals surface area contributed by atoms with Crippen molar-refractivity contribution in [3.63, 3.8) is 0 Å². The summed E-state index contributed by atoms with van der Waals surface area (Å²) in [7, 11) is 5.28. The molecule has 0 spiro atoms. The van der Waals surface area contributed by atoms with Crippen LogP contribution >= 0.6 is 0 Å². The van der Waals surface area contributed by atoms with Crippen LogP contribution in [-0.4, -0.2) is 149 Å². The average molecular weight is 731 g/mol. The van der Waals surface area contributed by atoms with E-state index >= 15 is 0 Å². The number of hydrogen-bond donors (Lipinski definition) is 4. The number of aliphatic hydroxyl groups excluding tert-OH is 3. The van der Waals surface area contributed by atoms with Gasteiger partial charge in [0.15, 0.2) is 24.1 Å². The first kappa shape index (κ1) is 42.3. The number of carbonyl (C=O) groups is 1. The predicted molar refractivity (Wildman–Crippen MR) is 188 cm³/mol. The van der Waals surface area contributed by atoms with Crippen LogP contribution in [0.5, 0.6) is 0 Å². The maximum absolute atomic E-state index is 14.2. The van der Waals surface area contributed by atoms with Gasteiger partial charge in [-0.15, -0.1) is 0 Å². The lowest BCUT2D eigenvalue weighted by atomic mass is 9.78. The van der Waals surface area contributed by atoms with Crippen molar-refractivity contribution in [2.75, 3.05) is 21.2 Å². The summed E-state index contributed by atoms with van der Waals surface area (Å²) in [5, 5.41) is 46.3. The van der Waals surface area contributed by atoms with Gasteiger partial charge in [0.2, 0.25) is 0 Å². The van der Waals surface area contributed by atoms with Crippen LogP contribution in [0.25, 0.3) is 0 Å². The fraction of sp³-hybridized carbons (Fsp3) is 0.946. The van der Waals surface area contributed by atoms with Gasteiger partial charge in [-0.2, -0.15) is 0 Å². The predicted octanol–water partition coefficient (Wildman–Crippen LogP) is 2.41. The zero-order valence-corrected chi connectivity index (χ0v) is 32.9. The number of aliphatic hydroxyl groups is 4. The normalized spacial score (nSPS) is 50.3. The highest BCUT2D eigenvalue weighted by atomic mass is 16.7. The molecule has 4 aliphatic heterocycles. The molecule has 14 nitrogen and oxygen atoms in total. The second-order valence-electron chi connectivity index (χ2n) is 16.5. The fourth-order valence-corrected chi connectivity index (χ4v) is 8.65. The summed E-state index contributed by atoms with van der Waals surface area (Å²) < 4.78 is 44.0. The zero-order chi connectivity index (χ0) is 38.4. The highest BCUT2D eigenvalue weighted by molar-refractivity contribution is 5.82. The van der Waals surface area contributed by atoms with Gasteiger partial charge in [-0.05, 0) is 75.4 Å². The summed E-state index contributed by atoms with van der Waals surface area (Å²) in [6.45, 7) is 17.8. The van der Waals surface area contributed by atoms with E-state index in [9.17, 15) is 25.2 Å². The van der Waals surface area contributed by atoms with Crippen LogP contribution in [0, 0.1) is 17.8 Å². The lowest BCUT2D eigenvalue weighted by Gasteiger charge is -2.48. The molecule has 3 fully saturated rings. The smallest absolute Gasteiger partial charge is 0.311 e. The van der Waals surface area contributed by atoms with Gasteiger partial charge in [0.05, 0.1) is 53.5 Å². The van der Waals surface area contributed by atoms with E-state index in [1.807, 2.05) is 53.6 Å². The Morgan fingerprint density at radius 3 is 2.18 bits per heavy atom. The summed E-state index contributed by atoms with van der Waals surface area (Å²) in [5.41, 5.74) is -3.90. The molecule has 0 saturated carbocycles. The second kappa shape index (κ2) is 16.1. The minimum absolute atomic E-state index is 0.0948. The van der Waals surface area contributed by atoms with E-state index in [2.05, 4.69) is 0 Å². The molecule has 0 aromatic rings. The summed E-state index contributed by atoms with van der Waals surface area (Å²) in [6, 6.07) is -0.767. The molecule has 0 amide bonds. The molecule has 0 aromatic carbocycles. The monoisotopic (exact) mass is 730 g/mol. The van der Waals surface area contributed by atoms with Crippen LogP contribution in [0.3, 0.4) is 0 Å². The van der Waals surface area contributed by atoms with E-state index in [0.717, 1.165) is 0 Å². The second-order valence-corrected chi connectivity index (χ2v) is 16.5. The summed E-state index contributed by atoms with van der Waals surface area (Å²) in [6.07, 6.45) is -7.63. The van der Waals surface area contributed by atoms with Crippen LogP contribution in [0.1, 0.15) is 94.9 Å². The number of aliphatic imine (C=N–C) groups is 1. The Hall–Kier alpha value is -1.46. The first-order chi connectivity index (χ1) is 23.6. The highest BCUT2D eigenvalue weighted by Gasteiger charge is 2.56. The van der Waals surface area contributed by atoms with Crippen molar-refractivity contribution < 1.29 is 58.4 Å². The number of cyclic esters (lactones) is 1. The highest BCUT2D eigenvalue weighted by Crippen LogP contribution is 2.42. The number of esters is 1. The van der Waals surface area contributed by atoms with Gasteiger partial charge in [0.25, 0.3) is 0 Å². The van der Waals surface area contributed by atoms with Gasteiger partial charge in [0, 0.05) is 31.9 Å². The molecule has 0 radical (unpaired) electrons. The van der Waals surface area contributed by atoms with Crippen LogP contribution in [-0.2, 0) is 38.0 Å². The molecule has 4 heterocycles. The molecule has 4 aliphatic rings. The molecule has 2 bridgehead atoms. The van der Waals surface area contributed by atoms with Crippen LogP contribution in [0.15, 0.2) is 4.99 Å². The molecule has 3 saturated heterocycles. The van der Waals surface area contributed by atoms with Crippen LogP contribution in [0.4, 0.5) is 0 Å². The Morgan fingerprint density at radius 1 is 0.941 bits per heavy atom. The van der Waals surface area contributed by atoms with Gasteiger partial charge in [-0.1, -0.05) is 20.8 Å². The van der Waals surface area contributed by atoms with Crippen molar-refractivity contribution in [1.29, 1.82) is 0 Å². The van der Waals surface area contributed by atoms with E-state index in [4.69, 9.17) is 38.2 Å². The number of nitrogens with zero attached hydrogens (tertiary/aromatic N) is 2. The van der Waals surface area contributed by atoms with E-state index in [-0.39, 0.29) is 25.0 Å². The quantitative estimate of drug-likeness (QED) is 0.281. The van der Waals surface area contributed by atoms with Crippen molar-refractivity contribution in [2.45, 2.75) is 185 Å². The molecule has 296 valence electrons. The fourth-order valence-electron chi connectivity index (χ4n) is 8.65. The summed E-state index contributed by atoms with van der Waals surface area (Å²) in [4.78, 5) is 21.0. The zero-order valence-electron chi connectivity index (χ0n) is 32.9. The maximum atomic E-state index is 14.2. The third kappa shape index (κ3) is 8.60. The molecule has 4 rings (SSSR count). The Kier molecular flexibility index (Phi) is 13.4. The molecule has 51 heavy (non-hydrogen) atoms. The van der Waals surface area contributed by atoms with Crippen molar-refractivity contribution in [3.8, 4) is 0 Å². The van der Waals surface area contributed by atoms with Gasteiger partial charge < -0.3 is 58.5 Å². The lowest BCUT2D eigenvalue weighted by molar-refractivity contribution is -0.317. The number of carbonyl (C=O) groups excluding carboxylic acids is 1. The van der Waals surface area contributed by atoms with Crippen molar-refractivity contribution in [3.05, 3.63) is 0 Å². The standard InChI is InChI=1S/C37H66N2O12/c1-14-25-37(10)29(41)22(6)32(51-37)38-18(2)16-35(8,44)31(50-34-27(40)24(39(11)12)15-19(3)46-34)20(4)28(21(5)33(43)48-25)49-26-17-36(9,45-13)30(42)23(7)47-26/h18-31,34,40-42,44H,14-17H2,1-13H3/t18-,19-,20+,21-,22-,23+,24+,25-,26+,27-,28+,29-,30+,31-,34+,35+,36-,37+/m1/s1. The van der Waals surface area contributed by atoms with E-state index < -0.39 is 102 Å². The summed E-state index contributed by atoms with van der Waals surface area (Å²) >= 11 is 0. The molecule has 0 aromatic heterocycles. The van der Waals surface area contributed by atoms with Crippen molar-refractivity contribution in [2.24, 2.45) is 22.7 Å². The molecule has 0 aliphatic carbocycles. The number of likely N-dealkylation sites (N-methyl/N-ethyl adjacent to an activating group) is 1. The number of fused-ring (bicyclic) bond motifs is 2. The van der Waals surface area contributed by atoms with E-state index in [1.165, 1.54) is 7.11 Å². The Morgan fingerprint density at radius 2 is 1.59 bits per heavy atom. The Bertz CT molecular complexity index is 1220. The van der Waals surface area contributed by atoms with Crippen molar-refractivity contribution >= 4 is 11.9 Å². The van der Waals surface area contributed by atoms with Crippen molar-refractivity contribution in [1.82, 2.24) is 4.90 Å². The van der Waals surface area contributed by atoms with Crippen LogP contribution in [0.2, 0.25) is 0 Å². The third-order valence-corrected chi connectivity index (χ3v) is 11.9. The number of ether oxygens (including phenoxy) is 7. The van der Waals surface area contributed by atoms with E-state index in [1.54, 1.807) is 34.6 Å². The topological polar surface area (TPSA) is 178 Å². The van der Waals surface area contributed by atoms with Gasteiger partial charge in [0.1, 0.15) is 24.4 Å². The Balaban J connectivity index is 1.82. The molecule has 14 heteroatoms. The lowest BCUT2D eigenvalue weighted by Crippen LogP contribution is -2.60. The Labute approximate surface area is 304 Å².